The molecule has 2 rings (SSSR count). The summed E-state index contributed by atoms with van der Waals surface area (Å²) in [5, 5.41) is 18.1. The lowest BCUT2D eigenvalue weighted by Crippen LogP contribution is -2.74. The summed E-state index contributed by atoms with van der Waals surface area (Å²) in [6.45, 7) is 7.30. The van der Waals surface area contributed by atoms with E-state index in [-0.39, 0.29) is 23.5 Å². The minimum absolute atomic E-state index is 0.000818. The summed E-state index contributed by atoms with van der Waals surface area (Å²) >= 11 is 0. The van der Waals surface area contributed by atoms with E-state index >= 15 is 0 Å². The van der Waals surface area contributed by atoms with Crippen molar-refractivity contribution in [3.63, 3.8) is 0 Å². The first-order chi connectivity index (χ1) is 7.80. The van der Waals surface area contributed by atoms with E-state index in [1.165, 1.54) is 0 Å². The monoisotopic (exact) mass is 241 g/mol. The largest absolute Gasteiger partial charge is 0.465 e. The lowest BCUT2D eigenvalue weighted by Gasteiger charge is -2.67. The first-order valence-electron chi connectivity index (χ1n) is 6.40. The maximum absolute atomic E-state index is 11.2. The van der Waals surface area contributed by atoms with E-state index in [0.717, 1.165) is 19.3 Å². The average molecular weight is 241 g/mol. The Balaban J connectivity index is 2.05. The van der Waals surface area contributed by atoms with Gasteiger partial charge in [0.15, 0.2) is 0 Å². The molecule has 0 aromatic heterocycles. The van der Waals surface area contributed by atoms with Gasteiger partial charge in [-0.15, -0.1) is 0 Å². The summed E-state index contributed by atoms with van der Waals surface area (Å²) < 4.78 is 0. The molecule has 2 aliphatic rings. The summed E-state index contributed by atoms with van der Waals surface area (Å²) in [4.78, 5) is 12.8. The van der Waals surface area contributed by atoms with Gasteiger partial charge in [-0.1, -0.05) is 20.8 Å². The van der Waals surface area contributed by atoms with Crippen LogP contribution < -0.4 is 0 Å². The van der Waals surface area contributed by atoms with Crippen molar-refractivity contribution in [2.45, 2.75) is 46.1 Å². The molecule has 1 aliphatic heterocycles. The Morgan fingerprint density at radius 2 is 2.00 bits per heavy atom. The Morgan fingerprint density at radius 3 is 2.41 bits per heavy atom. The van der Waals surface area contributed by atoms with Crippen molar-refractivity contribution < 1.29 is 15.0 Å². The summed E-state index contributed by atoms with van der Waals surface area (Å²) in [6, 6.07) is 0.141. The van der Waals surface area contributed by atoms with Crippen LogP contribution in [0.5, 0.6) is 0 Å². The fraction of sp³-hybridized carbons (Fsp3) is 0.923. The highest BCUT2D eigenvalue weighted by atomic mass is 16.4. The third-order valence-electron chi connectivity index (χ3n) is 4.37. The highest BCUT2D eigenvalue weighted by Crippen LogP contribution is 2.61. The predicted molar refractivity (Wildman–Crippen MR) is 64.8 cm³/mol. The molecule has 1 unspecified atom stereocenters. The first-order valence-corrected chi connectivity index (χ1v) is 6.40. The van der Waals surface area contributed by atoms with E-state index in [1.54, 1.807) is 4.90 Å². The zero-order valence-electron chi connectivity index (χ0n) is 10.9. The Kier molecular flexibility index (Phi) is 2.89. The minimum atomic E-state index is -0.791. The molecule has 1 spiro atoms. The number of hydrogen-bond acceptors (Lipinski definition) is 2. The Labute approximate surface area is 103 Å². The number of aliphatic hydroxyl groups excluding tert-OH is 1. The summed E-state index contributed by atoms with van der Waals surface area (Å²) in [5.41, 5.74) is 0.206. The fourth-order valence-corrected chi connectivity index (χ4v) is 4.13. The van der Waals surface area contributed by atoms with E-state index in [9.17, 15) is 9.90 Å². The minimum Gasteiger partial charge on any atom is -0.465 e. The molecule has 2 fully saturated rings. The maximum Gasteiger partial charge on any atom is 0.407 e. The van der Waals surface area contributed by atoms with Crippen LogP contribution in [0.1, 0.15) is 40.0 Å². The van der Waals surface area contributed by atoms with Crippen LogP contribution in [0.15, 0.2) is 0 Å². The van der Waals surface area contributed by atoms with Crippen LogP contribution in [0, 0.1) is 16.7 Å². The smallest absolute Gasteiger partial charge is 0.407 e. The summed E-state index contributed by atoms with van der Waals surface area (Å²) in [6.07, 6.45) is 2.24. The highest BCUT2D eigenvalue weighted by Gasteiger charge is 2.63. The second-order valence-corrected chi connectivity index (χ2v) is 6.83. The number of aliphatic hydroxyl groups is 1. The molecule has 1 saturated carbocycles. The van der Waals surface area contributed by atoms with Crippen molar-refractivity contribution in [1.29, 1.82) is 0 Å². The van der Waals surface area contributed by atoms with Gasteiger partial charge in [-0.3, -0.25) is 0 Å². The van der Waals surface area contributed by atoms with Crippen molar-refractivity contribution >= 4 is 6.09 Å². The van der Waals surface area contributed by atoms with Gasteiger partial charge in [0, 0.05) is 24.6 Å². The molecule has 1 amide bonds. The van der Waals surface area contributed by atoms with E-state index in [0.29, 0.717) is 12.5 Å². The first kappa shape index (κ1) is 12.7. The van der Waals surface area contributed by atoms with Crippen LogP contribution in [-0.4, -0.2) is 40.4 Å². The van der Waals surface area contributed by atoms with Crippen molar-refractivity contribution in [2.24, 2.45) is 16.7 Å². The topological polar surface area (TPSA) is 60.8 Å². The van der Waals surface area contributed by atoms with Gasteiger partial charge in [-0.05, 0) is 30.6 Å². The molecular weight excluding hydrogens is 218 g/mol. The van der Waals surface area contributed by atoms with Crippen LogP contribution in [0.25, 0.3) is 0 Å². The molecule has 0 radical (unpaired) electrons. The zero-order chi connectivity index (χ0) is 12.8. The molecule has 0 aromatic rings. The predicted octanol–water partition coefficient (Wildman–Crippen LogP) is 2.17. The number of carbonyl (C=O) groups is 1. The Bertz CT molecular complexity index is 315. The standard InChI is InChI=1S/C13H23NO3/c1-12(2,3)10-13(8-14(10)11(16)17)6-9(7-13)4-5-15/h9-10,15H,4-8H2,1-3H3,(H,16,17). The van der Waals surface area contributed by atoms with Gasteiger partial charge in [0.25, 0.3) is 0 Å². The molecule has 0 bridgehead atoms. The van der Waals surface area contributed by atoms with Crippen LogP contribution in [-0.2, 0) is 0 Å². The molecule has 1 heterocycles. The summed E-state index contributed by atoms with van der Waals surface area (Å²) in [7, 11) is 0. The van der Waals surface area contributed by atoms with E-state index in [4.69, 9.17) is 5.11 Å². The summed E-state index contributed by atoms with van der Waals surface area (Å²) in [5.74, 6) is 0.598. The maximum atomic E-state index is 11.2. The van der Waals surface area contributed by atoms with Crippen molar-refractivity contribution in [2.75, 3.05) is 13.2 Å². The Hall–Kier alpha value is -0.770. The van der Waals surface area contributed by atoms with Gasteiger partial charge >= 0.3 is 6.09 Å². The third kappa shape index (κ3) is 1.92. The second-order valence-electron chi connectivity index (χ2n) is 6.83. The lowest BCUT2D eigenvalue weighted by atomic mass is 9.48. The van der Waals surface area contributed by atoms with E-state index < -0.39 is 6.09 Å². The normalized spacial score (nSPS) is 36.6. The third-order valence-corrected chi connectivity index (χ3v) is 4.37. The van der Waals surface area contributed by atoms with E-state index in [1.807, 2.05) is 0 Å². The molecule has 0 aromatic carbocycles. The van der Waals surface area contributed by atoms with Gasteiger partial charge in [-0.2, -0.15) is 0 Å². The Morgan fingerprint density at radius 1 is 1.41 bits per heavy atom. The van der Waals surface area contributed by atoms with E-state index in [2.05, 4.69) is 20.8 Å². The van der Waals surface area contributed by atoms with Crippen LogP contribution >= 0.6 is 0 Å². The van der Waals surface area contributed by atoms with Gasteiger partial charge in [-0.25, -0.2) is 4.79 Å². The molecule has 17 heavy (non-hydrogen) atoms. The fourth-order valence-electron chi connectivity index (χ4n) is 4.13. The SMILES string of the molecule is CC(C)(C)C1N(C(=O)O)CC12CC(CCO)C2. The second kappa shape index (κ2) is 3.87. The lowest BCUT2D eigenvalue weighted by molar-refractivity contribution is -0.174. The molecule has 1 atom stereocenters. The van der Waals surface area contributed by atoms with Crippen molar-refractivity contribution in [3.05, 3.63) is 0 Å². The van der Waals surface area contributed by atoms with Crippen molar-refractivity contribution in [1.82, 2.24) is 4.90 Å². The number of likely N-dealkylation sites (tertiary alicyclic amines) is 1. The molecule has 98 valence electrons. The number of rotatable bonds is 2. The number of amides is 1. The number of carboxylic acid groups (broad SMARTS) is 1. The van der Waals surface area contributed by atoms with Crippen LogP contribution in [0.3, 0.4) is 0 Å². The van der Waals surface area contributed by atoms with Crippen LogP contribution in [0.4, 0.5) is 4.79 Å². The molecule has 4 heteroatoms. The average Bonchev–Trinajstić information content (AvgIpc) is 2.03. The van der Waals surface area contributed by atoms with Gasteiger partial charge in [0.1, 0.15) is 0 Å². The van der Waals surface area contributed by atoms with Gasteiger partial charge in [0.05, 0.1) is 0 Å². The molecule has 1 aliphatic carbocycles. The molecular formula is C13H23NO3. The molecule has 1 saturated heterocycles. The van der Waals surface area contributed by atoms with Crippen LogP contribution in [0.2, 0.25) is 0 Å². The number of nitrogens with zero attached hydrogens (tertiary/aromatic N) is 1. The number of hydrogen-bond donors (Lipinski definition) is 2. The quantitative estimate of drug-likeness (QED) is 0.779. The zero-order valence-corrected chi connectivity index (χ0v) is 10.9. The molecule has 4 nitrogen and oxygen atoms in total. The van der Waals surface area contributed by atoms with Crippen molar-refractivity contribution in [3.8, 4) is 0 Å². The van der Waals surface area contributed by atoms with Gasteiger partial charge in [0.2, 0.25) is 0 Å². The highest BCUT2D eigenvalue weighted by molar-refractivity contribution is 5.67. The molecule has 2 N–H and O–H groups in total. The van der Waals surface area contributed by atoms with Gasteiger partial charge < -0.3 is 15.1 Å².